The lowest BCUT2D eigenvalue weighted by Crippen LogP contribution is -2.56. The Balaban J connectivity index is 1.26. The number of hydrogen-bond donors (Lipinski definition) is 11. The van der Waals surface area contributed by atoms with Crippen molar-refractivity contribution in [3.63, 3.8) is 0 Å². The number of methoxy groups -OCH3 is 1. The first-order valence-corrected chi connectivity index (χ1v) is 21.1. The Morgan fingerprint density at radius 2 is 1.04 bits per heavy atom. The van der Waals surface area contributed by atoms with E-state index >= 15 is 0 Å². The van der Waals surface area contributed by atoms with Crippen molar-refractivity contribution < 1.29 is 68.2 Å². The SMILES string of the molecule is CO[C@@H](C(N)=O)[C@H](NC(=O)c1ccc(NC(=O)C(N)Cc2ccc(O)cc2)cc1)C(=O)Nc1ccc(C(=O)Nc2ccc(C(=O)Nc3ccc(C(=O)O)c(O)c3OC(C)C)c(O)c2OC(C)C)cc1. The predicted molar refractivity (Wildman–Crippen MR) is 252 cm³/mol. The van der Waals surface area contributed by atoms with Crippen LogP contribution in [0.4, 0.5) is 22.7 Å². The van der Waals surface area contributed by atoms with Crippen molar-refractivity contribution >= 4 is 64.2 Å². The van der Waals surface area contributed by atoms with E-state index in [2.05, 4.69) is 26.6 Å². The lowest BCUT2D eigenvalue weighted by atomic mass is 10.1. The number of amides is 6. The first-order valence-electron chi connectivity index (χ1n) is 21.1. The zero-order valence-electron chi connectivity index (χ0n) is 37.9. The van der Waals surface area contributed by atoms with Crippen LogP contribution in [0.25, 0.3) is 0 Å². The average Bonchev–Trinajstić information content (AvgIpc) is 3.29. The molecule has 0 heterocycles. The van der Waals surface area contributed by atoms with Crippen LogP contribution in [0.3, 0.4) is 0 Å². The Bertz CT molecular complexity index is 2730. The van der Waals surface area contributed by atoms with Crippen LogP contribution in [-0.4, -0.2) is 99.3 Å². The van der Waals surface area contributed by atoms with Crippen LogP contribution in [0.1, 0.15) is 74.7 Å². The second kappa shape index (κ2) is 22.7. The average molecular weight is 950 g/mol. The Morgan fingerprint density at radius 1 is 0.580 bits per heavy atom. The quantitative estimate of drug-likeness (QED) is 0.0517. The molecule has 5 aromatic carbocycles. The van der Waals surface area contributed by atoms with E-state index in [4.69, 9.17) is 25.7 Å². The van der Waals surface area contributed by atoms with Gasteiger partial charge in [0.25, 0.3) is 17.7 Å². The van der Waals surface area contributed by atoms with Gasteiger partial charge in [-0.1, -0.05) is 12.1 Å². The van der Waals surface area contributed by atoms with E-state index < -0.39 is 88.9 Å². The molecule has 5 aromatic rings. The third-order valence-electron chi connectivity index (χ3n) is 9.91. The van der Waals surface area contributed by atoms with Gasteiger partial charge in [0.05, 0.1) is 35.2 Å². The normalized spacial score (nSPS) is 12.2. The molecule has 0 aromatic heterocycles. The minimum atomic E-state index is -1.66. The zero-order valence-corrected chi connectivity index (χ0v) is 37.9. The number of ether oxygens (including phenoxy) is 3. The van der Waals surface area contributed by atoms with Crippen LogP contribution < -0.4 is 47.5 Å². The van der Waals surface area contributed by atoms with Crippen molar-refractivity contribution in [1.82, 2.24) is 5.32 Å². The number of phenolic OH excluding ortho intramolecular Hbond substituents is 2. The molecule has 21 heteroatoms. The van der Waals surface area contributed by atoms with Gasteiger partial charge in [-0.3, -0.25) is 28.8 Å². The number of nitrogens with one attached hydrogen (secondary N) is 5. The van der Waals surface area contributed by atoms with Gasteiger partial charge in [-0.2, -0.15) is 0 Å². The molecule has 69 heavy (non-hydrogen) atoms. The minimum Gasteiger partial charge on any atom is -0.508 e. The fourth-order valence-electron chi connectivity index (χ4n) is 6.55. The molecule has 21 nitrogen and oxygen atoms in total. The third-order valence-corrected chi connectivity index (χ3v) is 9.91. The van der Waals surface area contributed by atoms with Crippen molar-refractivity contribution in [2.45, 2.75) is 64.5 Å². The highest BCUT2D eigenvalue weighted by molar-refractivity contribution is 6.11. The fourth-order valence-corrected chi connectivity index (χ4v) is 6.55. The number of nitrogens with two attached hydrogens (primary N) is 2. The Labute approximate surface area is 394 Å². The Hall–Kier alpha value is -8.69. The van der Waals surface area contributed by atoms with Crippen LogP contribution in [0.5, 0.6) is 28.7 Å². The van der Waals surface area contributed by atoms with Gasteiger partial charge in [0.15, 0.2) is 29.1 Å². The van der Waals surface area contributed by atoms with Crippen molar-refractivity contribution in [2.24, 2.45) is 11.5 Å². The molecular weight excluding hydrogens is 899 g/mol. The molecule has 6 amide bonds. The number of hydrogen-bond acceptors (Lipinski definition) is 14. The van der Waals surface area contributed by atoms with Gasteiger partial charge in [0.2, 0.25) is 17.7 Å². The van der Waals surface area contributed by atoms with Crippen LogP contribution in [0.2, 0.25) is 0 Å². The molecule has 1 unspecified atom stereocenters. The summed E-state index contributed by atoms with van der Waals surface area (Å²) in [4.78, 5) is 90.6. The third kappa shape index (κ3) is 13.2. The van der Waals surface area contributed by atoms with Crippen LogP contribution in [-0.2, 0) is 25.5 Å². The highest BCUT2D eigenvalue weighted by Gasteiger charge is 2.35. The number of aromatic carboxylic acids is 1. The molecule has 0 saturated heterocycles. The van der Waals surface area contributed by atoms with E-state index in [0.29, 0.717) is 5.69 Å². The molecule has 3 atom stereocenters. The number of carbonyl (C=O) groups is 7. The number of primary amides is 1. The predicted octanol–water partition coefficient (Wildman–Crippen LogP) is 4.33. The minimum absolute atomic E-state index is 0.0337. The largest absolute Gasteiger partial charge is 0.508 e. The maximum atomic E-state index is 13.6. The molecule has 0 bridgehead atoms. The number of aromatic hydroxyl groups is 3. The molecule has 5 rings (SSSR count). The molecule has 0 spiro atoms. The Morgan fingerprint density at radius 3 is 1.52 bits per heavy atom. The van der Waals surface area contributed by atoms with Gasteiger partial charge in [-0.25, -0.2) is 4.79 Å². The molecular formula is C48H51N7O14. The van der Waals surface area contributed by atoms with E-state index in [0.717, 1.165) is 18.7 Å². The standard InChI is InChI=1S/C48H51N7O14/c1-23(2)68-39-34(20-18-31(37(39)57)45(62)54-35-21-19-32(48(65)66)38(58)40(35)69-24(3)4)53-43(60)26-8-14-29(15-9-26)52-47(64)36(41(67-5)42(50)59)55-44(61)27-10-12-28(13-11-27)51-46(63)33(49)22-25-6-16-30(56)17-7-25/h6-21,23-24,33,36,41,56-58H,22,49H2,1-5H3,(H2,50,59)(H,51,63)(H,52,64)(H,53,60)(H,54,62)(H,55,61)(H,65,66)/t33?,36-,41+/m0/s1. The van der Waals surface area contributed by atoms with Gasteiger partial charge in [0.1, 0.15) is 17.4 Å². The molecule has 0 saturated carbocycles. The van der Waals surface area contributed by atoms with E-state index in [-0.39, 0.29) is 57.4 Å². The summed E-state index contributed by atoms with van der Waals surface area (Å²) in [5.74, 6) is -8.19. The molecule has 0 aliphatic carbocycles. The number of carboxylic acid groups (broad SMARTS) is 1. The smallest absolute Gasteiger partial charge is 0.339 e. The first kappa shape index (κ1) is 51.3. The molecule has 362 valence electrons. The van der Waals surface area contributed by atoms with Crippen molar-refractivity contribution in [1.29, 1.82) is 0 Å². The summed E-state index contributed by atoms with van der Waals surface area (Å²) in [5, 5.41) is 53.6. The highest BCUT2D eigenvalue weighted by atomic mass is 16.5. The number of carboxylic acids is 1. The first-order chi connectivity index (χ1) is 32.7. The summed E-state index contributed by atoms with van der Waals surface area (Å²) in [6, 6.07) is 19.4. The topological polar surface area (TPSA) is 340 Å². The van der Waals surface area contributed by atoms with Gasteiger partial charge in [0, 0.05) is 29.6 Å². The van der Waals surface area contributed by atoms with Gasteiger partial charge < -0.3 is 72.7 Å². The van der Waals surface area contributed by atoms with Gasteiger partial charge >= 0.3 is 5.97 Å². The summed E-state index contributed by atoms with van der Waals surface area (Å²) < 4.78 is 16.6. The van der Waals surface area contributed by atoms with Crippen LogP contribution >= 0.6 is 0 Å². The van der Waals surface area contributed by atoms with Gasteiger partial charge in [-0.05, 0) is 125 Å². The van der Waals surface area contributed by atoms with Crippen molar-refractivity contribution in [3.8, 4) is 28.7 Å². The summed E-state index contributed by atoms with van der Waals surface area (Å²) in [6.45, 7) is 6.54. The van der Waals surface area contributed by atoms with E-state index in [1.807, 2.05) is 0 Å². The lowest BCUT2D eigenvalue weighted by Gasteiger charge is -2.24. The fraction of sp³-hybridized carbons (Fsp3) is 0.229. The second-order valence-electron chi connectivity index (χ2n) is 15.8. The number of anilines is 4. The summed E-state index contributed by atoms with van der Waals surface area (Å²) in [7, 11) is 1.12. The summed E-state index contributed by atoms with van der Waals surface area (Å²) in [6.07, 6.45) is -2.52. The number of phenols is 3. The zero-order chi connectivity index (χ0) is 50.7. The monoisotopic (exact) mass is 949 g/mol. The van der Waals surface area contributed by atoms with Crippen molar-refractivity contribution in [2.75, 3.05) is 28.4 Å². The van der Waals surface area contributed by atoms with E-state index in [9.17, 15) is 54.0 Å². The summed E-state index contributed by atoms with van der Waals surface area (Å²) in [5.41, 5.74) is 11.9. The molecule has 0 aliphatic heterocycles. The maximum absolute atomic E-state index is 13.6. The lowest BCUT2D eigenvalue weighted by molar-refractivity contribution is -0.134. The second-order valence-corrected chi connectivity index (χ2v) is 15.8. The molecule has 13 N–H and O–H groups in total. The van der Waals surface area contributed by atoms with E-state index in [1.54, 1.807) is 39.8 Å². The molecule has 0 aliphatic rings. The van der Waals surface area contributed by atoms with Crippen LogP contribution in [0, 0.1) is 0 Å². The number of rotatable bonds is 20. The maximum Gasteiger partial charge on any atom is 0.339 e. The highest BCUT2D eigenvalue weighted by Crippen LogP contribution is 2.41. The Kier molecular flexibility index (Phi) is 16.9. The van der Waals surface area contributed by atoms with Crippen LogP contribution in [0.15, 0.2) is 97.1 Å². The number of carbonyl (C=O) groups excluding carboxylic acids is 6. The van der Waals surface area contributed by atoms with Gasteiger partial charge in [-0.15, -0.1) is 0 Å². The molecule has 0 radical (unpaired) electrons. The number of benzene rings is 5. The molecule has 0 fully saturated rings. The van der Waals surface area contributed by atoms with Crippen molar-refractivity contribution in [3.05, 3.63) is 125 Å². The van der Waals surface area contributed by atoms with E-state index in [1.165, 1.54) is 78.9 Å². The summed E-state index contributed by atoms with van der Waals surface area (Å²) >= 11 is 0.